The Labute approximate surface area is 399 Å². The lowest BCUT2D eigenvalue weighted by atomic mass is 9.89. The van der Waals surface area contributed by atoms with Crippen LogP contribution in [0, 0.1) is 0 Å². The first kappa shape index (κ1) is 42.2. The van der Waals surface area contributed by atoms with Gasteiger partial charge in [-0.15, -0.1) is 0 Å². The van der Waals surface area contributed by atoms with Crippen LogP contribution in [-0.4, -0.2) is 11.6 Å². The van der Waals surface area contributed by atoms with E-state index in [1.54, 1.807) is 0 Å². The fourth-order valence-corrected chi connectivity index (χ4v) is 9.99. The lowest BCUT2D eigenvalue weighted by Crippen LogP contribution is -2.02. The van der Waals surface area contributed by atoms with Crippen molar-refractivity contribution in [3.05, 3.63) is 309 Å². The smallest absolute Gasteiger partial charge is 0.195 e. The lowest BCUT2D eigenvalue weighted by molar-refractivity contribution is -0.109. The number of ketones is 2. The van der Waals surface area contributed by atoms with Crippen molar-refractivity contribution in [2.24, 2.45) is 0 Å². The van der Waals surface area contributed by atoms with E-state index in [-0.39, 0.29) is 11.6 Å². The van der Waals surface area contributed by atoms with E-state index >= 15 is 9.59 Å². The highest BCUT2D eigenvalue weighted by atomic mass is 16.1. The Morgan fingerprint density at radius 1 is 0.191 bits per heavy atom. The number of benzene rings is 8. The lowest BCUT2D eigenvalue weighted by Gasteiger charge is -2.14. The van der Waals surface area contributed by atoms with Crippen LogP contribution in [0.4, 0.5) is 0 Å². The monoisotopic (exact) mass is 872 g/mol. The average molecular weight is 873 g/mol. The molecule has 12 bridgehead atoms. The molecule has 0 N–H and O–H groups in total. The van der Waals surface area contributed by atoms with Crippen molar-refractivity contribution in [2.45, 2.75) is 25.7 Å². The minimum atomic E-state index is 0.0391. The fraction of sp³-hybridized carbons (Fsp3) is 0.0606. The van der Waals surface area contributed by atoms with Gasteiger partial charge < -0.3 is 0 Å². The quantitative estimate of drug-likeness (QED) is 0.165. The summed E-state index contributed by atoms with van der Waals surface area (Å²) in [5.41, 5.74) is 19.1. The Bertz CT molecular complexity index is 2910. The topological polar surface area (TPSA) is 34.1 Å². The molecule has 0 heterocycles. The largest absolute Gasteiger partial charge is 0.289 e. The average Bonchev–Trinajstić information content (AvgIpc) is 3.88. The van der Waals surface area contributed by atoms with Gasteiger partial charge >= 0.3 is 0 Å². The van der Waals surface area contributed by atoms with Gasteiger partial charge in [0.2, 0.25) is 0 Å². The standard InChI is InChI=1S/C66H48O2/c67-65-61-53-37-29-45(30-38-53)17-13-14-19-47-33-41-55(42-34-47)63-59(51-25-9-3-10-26-51)60(52-27-11-4-12-28-52)64(66(63)68)56-43-35-48(36-44-56)20-16-15-18-46-31-39-54(40-32-46)62(65)58(50-23-7-2-8-24-50)57(61)49-21-5-1-6-22-49/h1-16,21-44H,17-20H2/b14-13+,16-15+. The number of rotatable bonds is 4. The zero-order valence-electron chi connectivity index (χ0n) is 37.7. The zero-order valence-corrected chi connectivity index (χ0v) is 37.7. The van der Waals surface area contributed by atoms with Crippen LogP contribution in [0.1, 0.15) is 66.8 Å². The summed E-state index contributed by atoms with van der Waals surface area (Å²) < 4.78 is 0. The summed E-state index contributed by atoms with van der Waals surface area (Å²) in [6.07, 6.45) is 11.9. The van der Waals surface area contributed by atoms with Gasteiger partial charge in [-0.3, -0.25) is 9.59 Å². The molecule has 2 heteroatoms. The van der Waals surface area contributed by atoms with Crippen molar-refractivity contribution in [2.75, 3.05) is 0 Å². The molecule has 0 saturated heterocycles. The molecular formula is C66H48O2. The number of allylic oxidation sites excluding steroid dienone is 12. The molecule has 0 radical (unpaired) electrons. The summed E-state index contributed by atoms with van der Waals surface area (Å²) in [5, 5.41) is 0. The molecule has 8 aromatic rings. The Kier molecular flexibility index (Phi) is 11.7. The summed E-state index contributed by atoms with van der Waals surface area (Å²) >= 11 is 0. The molecule has 324 valence electrons. The van der Waals surface area contributed by atoms with Crippen molar-refractivity contribution in [1.29, 1.82) is 0 Å². The van der Waals surface area contributed by atoms with Crippen LogP contribution in [0.3, 0.4) is 0 Å². The number of hydrogen-bond donors (Lipinski definition) is 0. The van der Waals surface area contributed by atoms with E-state index in [0.717, 1.165) is 115 Å². The second kappa shape index (κ2) is 18.8. The highest BCUT2D eigenvalue weighted by Gasteiger charge is 2.37. The predicted octanol–water partition coefficient (Wildman–Crippen LogP) is 14.9. The Morgan fingerprint density at radius 3 is 0.559 bits per heavy atom. The third-order valence-corrected chi connectivity index (χ3v) is 13.4. The zero-order chi connectivity index (χ0) is 45.8. The molecule has 9 aliphatic carbocycles. The minimum Gasteiger partial charge on any atom is -0.289 e. The number of carbonyl (C=O) groups is 2. The summed E-state index contributed by atoms with van der Waals surface area (Å²) in [6, 6.07) is 75.4. The Morgan fingerprint density at radius 2 is 0.368 bits per heavy atom. The van der Waals surface area contributed by atoms with E-state index in [0.29, 0.717) is 0 Å². The molecule has 0 atom stereocenters. The van der Waals surface area contributed by atoms with Crippen molar-refractivity contribution >= 4 is 56.2 Å². The van der Waals surface area contributed by atoms with Crippen LogP contribution in [0.15, 0.2) is 243 Å². The first-order valence-corrected chi connectivity index (χ1v) is 23.6. The van der Waals surface area contributed by atoms with E-state index < -0.39 is 0 Å². The van der Waals surface area contributed by atoms with Crippen molar-refractivity contribution in [1.82, 2.24) is 0 Å². The van der Waals surface area contributed by atoms with E-state index in [9.17, 15) is 0 Å². The van der Waals surface area contributed by atoms with Crippen molar-refractivity contribution in [3.8, 4) is 0 Å². The van der Waals surface area contributed by atoms with Crippen LogP contribution in [0.5, 0.6) is 0 Å². The molecule has 0 spiro atoms. The van der Waals surface area contributed by atoms with Crippen LogP contribution in [0.25, 0.3) is 44.6 Å². The molecule has 68 heavy (non-hydrogen) atoms. The van der Waals surface area contributed by atoms with Crippen LogP contribution in [0.2, 0.25) is 0 Å². The third-order valence-electron chi connectivity index (χ3n) is 13.4. The number of carbonyl (C=O) groups excluding carboxylic acids is 2. The predicted molar refractivity (Wildman–Crippen MR) is 282 cm³/mol. The molecule has 0 aromatic heterocycles. The van der Waals surface area contributed by atoms with Gasteiger partial charge in [-0.1, -0.05) is 243 Å². The maximum Gasteiger partial charge on any atom is 0.195 e. The van der Waals surface area contributed by atoms with Gasteiger partial charge in [-0.05, 0) is 92.4 Å². The summed E-state index contributed by atoms with van der Waals surface area (Å²) in [4.78, 5) is 30.1. The first-order chi connectivity index (χ1) is 33.6. The van der Waals surface area contributed by atoms with Gasteiger partial charge in [0.05, 0.1) is 0 Å². The van der Waals surface area contributed by atoms with Gasteiger partial charge in [0, 0.05) is 44.6 Å². The minimum absolute atomic E-state index is 0.0391. The SMILES string of the molecule is O=C1C2=C(c3ccccc3)C(c3ccccc3)=C1c1ccc(cc1)C/C=C/Cc1ccc(cc1)C1=C(c3ccccc3)C(c3ccccc3)=C(C1=O)c1ccc(cc1)C/C=C/Cc1ccc2cc1. The molecule has 0 unspecified atom stereocenters. The Hall–Kier alpha value is -8.46. The summed E-state index contributed by atoms with van der Waals surface area (Å²) in [6.45, 7) is 0. The normalized spacial score (nSPS) is 16.1. The van der Waals surface area contributed by atoms with Crippen molar-refractivity contribution in [3.63, 3.8) is 0 Å². The van der Waals surface area contributed by atoms with Gasteiger partial charge in [0.25, 0.3) is 0 Å². The van der Waals surface area contributed by atoms with Crippen LogP contribution < -0.4 is 0 Å². The van der Waals surface area contributed by atoms with Crippen molar-refractivity contribution < 1.29 is 9.59 Å². The molecule has 9 aliphatic rings. The van der Waals surface area contributed by atoms with E-state index in [2.05, 4.69) is 170 Å². The van der Waals surface area contributed by atoms with Gasteiger partial charge in [0.15, 0.2) is 11.6 Å². The molecule has 17 rings (SSSR count). The second-order valence-corrected chi connectivity index (χ2v) is 17.7. The molecule has 0 aliphatic heterocycles. The maximum absolute atomic E-state index is 15.1. The molecule has 0 saturated carbocycles. The summed E-state index contributed by atoms with van der Waals surface area (Å²) in [7, 11) is 0. The first-order valence-electron chi connectivity index (χ1n) is 23.6. The van der Waals surface area contributed by atoms with E-state index in [4.69, 9.17) is 0 Å². The van der Waals surface area contributed by atoms with Gasteiger partial charge in [-0.25, -0.2) is 0 Å². The molecule has 0 fully saturated rings. The molecule has 8 aromatic carbocycles. The van der Waals surface area contributed by atoms with E-state index in [1.807, 2.05) is 72.8 Å². The third kappa shape index (κ3) is 8.23. The molecule has 2 nitrogen and oxygen atoms in total. The number of Topliss-reactive ketones (excluding diaryl/α,β-unsaturated/α-hetero) is 2. The highest BCUT2D eigenvalue weighted by molar-refractivity contribution is 6.60. The van der Waals surface area contributed by atoms with Gasteiger partial charge in [0.1, 0.15) is 0 Å². The number of hydrogen-bond acceptors (Lipinski definition) is 2. The molecular weight excluding hydrogens is 825 g/mol. The second-order valence-electron chi connectivity index (χ2n) is 17.7. The maximum atomic E-state index is 15.1. The van der Waals surface area contributed by atoms with Gasteiger partial charge in [-0.2, -0.15) is 0 Å². The van der Waals surface area contributed by atoms with Crippen LogP contribution in [-0.2, 0) is 35.3 Å². The van der Waals surface area contributed by atoms with Crippen LogP contribution >= 0.6 is 0 Å². The molecule has 0 amide bonds. The summed E-state index contributed by atoms with van der Waals surface area (Å²) in [5.74, 6) is 0.0782. The highest BCUT2D eigenvalue weighted by Crippen LogP contribution is 2.51. The fourth-order valence-electron chi connectivity index (χ4n) is 9.99. The van der Waals surface area contributed by atoms with E-state index in [1.165, 1.54) is 22.3 Å². The Balaban J connectivity index is 0.997.